The second-order valence-corrected chi connectivity index (χ2v) is 5.99. The summed E-state index contributed by atoms with van der Waals surface area (Å²) in [5.74, 6) is 0. The van der Waals surface area contributed by atoms with Crippen LogP contribution in [0.15, 0.2) is 60.7 Å². The van der Waals surface area contributed by atoms with Crippen LogP contribution in [0.5, 0.6) is 0 Å². The van der Waals surface area contributed by atoms with E-state index < -0.39 is 0 Å². The van der Waals surface area contributed by atoms with Gasteiger partial charge in [-0.05, 0) is 38.3 Å². The highest BCUT2D eigenvalue weighted by atomic mass is 16.7. The van der Waals surface area contributed by atoms with Gasteiger partial charge in [-0.3, -0.25) is 4.84 Å². The Labute approximate surface area is 121 Å². The summed E-state index contributed by atoms with van der Waals surface area (Å²) in [6, 6.07) is 21.1. The molecule has 0 saturated heterocycles. The van der Waals surface area contributed by atoms with E-state index in [1.807, 2.05) is 32.9 Å². The van der Waals surface area contributed by atoms with Gasteiger partial charge in [0.1, 0.15) is 0 Å². The first kappa shape index (κ1) is 14.8. The molecule has 2 aromatic rings. The van der Waals surface area contributed by atoms with Crippen LogP contribution in [0, 0.1) is 0 Å². The first-order valence-corrected chi connectivity index (χ1v) is 7.07. The van der Waals surface area contributed by atoms with Crippen LogP contribution in [-0.4, -0.2) is 5.60 Å². The molecule has 20 heavy (non-hydrogen) atoms. The molecule has 0 aliphatic carbocycles. The Kier molecular flexibility index (Phi) is 4.94. The summed E-state index contributed by atoms with van der Waals surface area (Å²) >= 11 is 0. The maximum Gasteiger partial charge on any atom is 0.0813 e. The van der Waals surface area contributed by atoms with E-state index in [9.17, 15) is 0 Å². The Morgan fingerprint density at radius 2 is 1.45 bits per heavy atom. The van der Waals surface area contributed by atoms with Crippen molar-refractivity contribution in [2.45, 2.75) is 38.8 Å². The summed E-state index contributed by atoms with van der Waals surface area (Å²) < 4.78 is 0. The minimum absolute atomic E-state index is 0.151. The molecule has 0 radical (unpaired) electrons. The topological polar surface area (TPSA) is 21.3 Å². The van der Waals surface area contributed by atoms with E-state index in [1.54, 1.807) is 0 Å². The Morgan fingerprint density at radius 3 is 2.00 bits per heavy atom. The highest BCUT2D eigenvalue weighted by molar-refractivity contribution is 5.23. The normalized spacial score (nSPS) is 13.2. The van der Waals surface area contributed by atoms with Crippen molar-refractivity contribution in [3.8, 4) is 0 Å². The maximum absolute atomic E-state index is 5.77. The van der Waals surface area contributed by atoms with Gasteiger partial charge in [-0.2, -0.15) is 5.48 Å². The van der Waals surface area contributed by atoms with Gasteiger partial charge in [0.25, 0.3) is 0 Å². The van der Waals surface area contributed by atoms with Gasteiger partial charge in [0.2, 0.25) is 0 Å². The SMILES string of the molecule is CC(C)(C)ONC(Cc1ccccc1)c1ccccc1. The second kappa shape index (κ2) is 6.69. The van der Waals surface area contributed by atoms with E-state index in [0.29, 0.717) is 0 Å². The lowest BCUT2D eigenvalue weighted by molar-refractivity contribution is -0.0891. The van der Waals surface area contributed by atoms with Crippen molar-refractivity contribution < 1.29 is 4.84 Å². The van der Waals surface area contributed by atoms with Crippen LogP contribution in [0.2, 0.25) is 0 Å². The molecule has 2 aromatic carbocycles. The van der Waals surface area contributed by atoms with Gasteiger partial charge < -0.3 is 0 Å². The Hall–Kier alpha value is -1.64. The molecular weight excluding hydrogens is 246 g/mol. The summed E-state index contributed by atoms with van der Waals surface area (Å²) in [6.07, 6.45) is 0.904. The Bertz CT molecular complexity index is 502. The molecule has 0 bridgehead atoms. The summed E-state index contributed by atoms with van der Waals surface area (Å²) in [7, 11) is 0. The van der Waals surface area contributed by atoms with Crippen LogP contribution in [0.25, 0.3) is 0 Å². The molecule has 1 N–H and O–H groups in total. The number of nitrogens with one attached hydrogen (secondary N) is 1. The van der Waals surface area contributed by atoms with Crippen molar-refractivity contribution in [1.82, 2.24) is 5.48 Å². The molecule has 1 atom stereocenters. The summed E-state index contributed by atoms with van der Waals surface area (Å²) in [6.45, 7) is 6.14. The van der Waals surface area contributed by atoms with Gasteiger partial charge in [-0.1, -0.05) is 60.7 Å². The zero-order valence-electron chi connectivity index (χ0n) is 12.5. The molecule has 2 heteroatoms. The molecule has 0 aromatic heterocycles. The molecule has 0 fully saturated rings. The Balaban J connectivity index is 2.12. The number of hydrogen-bond donors (Lipinski definition) is 1. The average Bonchev–Trinajstić information content (AvgIpc) is 2.44. The third-order valence-corrected chi connectivity index (χ3v) is 2.99. The molecule has 0 heterocycles. The molecule has 0 amide bonds. The van der Waals surface area contributed by atoms with E-state index in [4.69, 9.17) is 4.84 Å². The zero-order valence-corrected chi connectivity index (χ0v) is 12.5. The van der Waals surface area contributed by atoms with Gasteiger partial charge in [-0.25, -0.2) is 0 Å². The van der Waals surface area contributed by atoms with Crippen LogP contribution in [-0.2, 0) is 11.3 Å². The molecule has 0 aliphatic rings. The van der Waals surface area contributed by atoms with Crippen LogP contribution in [0.4, 0.5) is 0 Å². The molecule has 0 saturated carbocycles. The fraction of sp³-hybridized carbons (Fsp3) is 0.333. The van der Waals surface area contributed by atoms with Crippen molar-refractivity contribution in [1.29, 1.82) is 0 Å². The quantitative estimate of drug-likeness (QED) is 0.818. The van der Waals surface area contributed by atoms with E-state index in [-0.39, 0.29) is 11.6 Å². The van der Waals surface area contributed by atoms with Crippen molar-refractivity contribution in [2.75, 3.05) is 0 Å². The van der Waals surface area contributed by atoms with Gasteiger partial charge in [0.15, 0.2) is 0 Å². The number of benzene rings is 2. The van der Waals surface area contributed by atoms with Gasteiger partial charge in [0, 0.05) is 0 Å². The van der Waals surface area contributed by atoms with E-state index in [2.05, 4.69) is 54.0 Å². The van der Waals surface area contributed by atoms with Gasteiger partial charge in [0.05, 0.1) is 11.6 Å². The zero-order chi connectivity index (χ0) is 14.4. The molecule has 1 unspecified atom stereocenters. The third-order valence-electron chi connectivity index (χ3n) is 2.99. The molecular formula is C18H23NO. The minimum Gasteiger partial charge on any atom is -0.295 e. The fourth-order valence-electron chi connectivity index (χ4n) is 2.01. The van der Waals surface area contributed by atoms with Crippen LogP contribution >= 0.6 is 0 Å². The van der Waals surface area contributed by atoms with Crippen molar-refractivity contribution >= 4 is 0 Å². The maximum atomic E-state index is 5.77. The lowest BCUT2D eigenvalue weighted by Crippen LogP contribution is -2.33. The van der Waals surface area contributed by atoms with Crippen molar-refractivity contribution in [3.05, 3.63) is 71.8 Å². The summed E-state index contributed by atoms with van der Waals surface area (Å²) in [5.41, 5.74) is 5.55. The summed E-state index contributed by atoms with van der Waals surface area (Å²) in [4.78, 5) is 5.77. The molecule has 2 rings (SSSR count). The van der Waals surface area contributed by atoms with E-state index in [1.165, 1.54) is 11.1 Å². The monoisotopic (exact) mass is 269 g/mol. The average molecular weight is 269 g/mol. The van der Waals surface area contributed by atoms with E-state index >= 15 is 0 Å². The first-order chi connectivity index (χ1) is 9.54. The highest BCUT2D eigenvalue weighted by Gasteiger charge is 2.17. The van der Waals surface area contributed by atoms with Gasteiger partial charge in [-0.15, -0.1) is 0 Å². The Morgan fingerprint density at radius 1 is 0.900 bits per heavy atom. The molecule has 106 valence electrons. The predicted molar refractivity (Wildman–Crippen MR) is 83.3 cm³/mol. The van der Waals surface area contributed by atoms with Crippen molar-refractivity contribution in [3.63, 3.8) is 0 Å². The highest BCUT2D eigenvalue weighted by Crippen LogP contribution is 2.19. The standard InChI is InChI=1S/C18H23NO/c1-18(2,3)20-19-17(16-12-8-5-9-13-16)14-15-10-6-4-7-11-15/h4-13,17,19H,14H2,1-3H3. The van der Waals surface area contributed by atoms with Crippen LogP contribution < -0.4 is 5.48 Å². The van der Waals surface area contributed by atoms with Crippen molar-refractivity contribution in [2.24, 2.45) is 0 Å². The van der Waals surface area contributed by atoms with Crippen LogP contribution in [0.3, 0.4) is 0 Å². The lowest BCUT2D eigenvalue weighted by Gasteiger charge is -2.25. The van der Waals surface area contributed by atoms with E-state index in [0.717, 1.165) is 6.42 Å². The van der Waals surface area contributed by atoms with Gasteiger partial charge >= 0.3 is 0 Å². The smallest absolute Gasteiger partial charge is 0.0813 e. The fourth-order valence-corrected chi connectivity index (χ4v) is 2.01. The van der Waals surface area contributed by atoms with Crippen LogP contribution in [0.1, 0.15) is 37.9 Å². The molecule has 0 aliphatic heterocycles. The number of rotatable bonds is 5. The largest absolute Gasteiger partial charge is 0.295 e. The predicted octanol–water partition coefficient (Wildman–Crippen LogP) is 4.29. The summed E-state index contributed by atoms with van der Waals surface area (Å²) in [5, 5.41) is 0. The molecule has 2 nitrogen and oxygen atoms in total. The number of hydroxylamine groups is 1. The lowest BCUT2D eigenvalue weighted by atomic mass is 10.00. The minimum atomic E-state index is -0.205. The first-order valence-electron chi connectivity index (χ1n) is 7.07. The molecule has 0 spiro atoms. The number of hydrogen-bond acceptors (Lipinski definition) is 2. The second-order valence-electron chi connectivity index (χ2n) is 5.99. The third kappa shape index (κ3) is 4.80.